The molecule has 1 aromatic rings. The third kappa shape index (κ3) is 3.80. The van der Waals surface area contributed by atoms with Gasteiger partial charge in [-0.15, -0.1) is 0 Å². The Labute approximate surface area is 115 Å². The van der Waals surface area contributed by atoms with Crippen molar-refractivity contribution in [3.63, 3.8) is 0 Å². The average Bonchev–Trinajstić information content (AvgIpc) is 2.35. The normalized spacial score (nSPS) is 24.3. The van der Waals surface area contributed by atoms with Gasteiger partial charge in [0.15, 0.2) is 0 Å². The first-order chi connectivity index (χ1) is 9.06. The number of amides is 1. The van der Waals surface area contributed by atoms with Gasteiger partial charge in [-0.2, -0.15) is 0 Å². The smallest absolute Gasteiger partial charge is 0.221 e. The summed E-state index contributed by atoms with van der Waals surface area (Å²) >= 11 is 0. The predicted octanol–water partition coefficient (Wildman–Crippen LogP) is 2.48. The zero-order valence-corrected chi connectivity index (χ0v) is 11.9. The van der Waals surface area contributed by atoms with Gasteiger partial charge in [-0.3, -0.25) is 9.69 Å². The van der Waals surface area contributed by atoms with Crippen LogP contribution in [0.1, 0.15) is 44.2 Å². The Morgan fingerprint density at radius 2 is 1.68 bits per heavy atom. The highest BCUT2D eigenvalue weighted by Gasteiger charge is 2.24. The maximum Gasteiger partial charge on any atom is 0.221 e. The van der Waals surface area contributed by atoms with Gasteiger partial charge in [0.25, 0.3) is 0 Å². The van der Waals surface area contributed by atoms with Crippen molar-refractivity contribution in [1.29, 1.82) is 0 Å². The molecule has 2 rings (SSSR count). The second kappa shape index (κ2) is 6.20. The molecular formula is C16H24N2O. The predicted molar refractivity (Wildman–Crippen MR) is 77.7 cm³/mol. The largest absolute Gasteiger partial charge is 0.369 e. The van der Waals surface area contributed by atoms with Gasteiger partial charge in [-0.25, -0.2) is 0 Å². The topological polar surface area (TPSA) is 46.3 Å². The zero-order valence-electron chi connectivity index (χ0n) is 11.9. The molecule has 0 bridgehead atoms. The quantitative estimate of drug-likeness (QED) is 0.904. The molecule has 0 saturated carbocycles. The molecule has 1 aliphatic rings. The lowest BCUT2D eigenvalue weighted by atomic mass is 9.96. The van der Waals surface area contributed by atoms with Gasteiger partial charge in [0, 0.05) is 18.6 Å². The Bertz CT molecular complexity index is 417. The highest BCUT2D eigenvalue weighted by molar-refractivity contribution is 5.76. The van der Waals surface area contributed by atoms with E-state index in [0.29, 0.717) is 18.5 Å². The van der Waals surface area contributed by atoms with Crippen molar-refractivity contribution in [1.82, 2.24) is 4.90 Å². The van der Waals surface area contributed by atoms with Crippen molar-refractivity contribution >= 4 is 5.91 Å². The Morgan fingerprint density at radius 1 is 1.16 bits per heavy atom. The second-order valence-corrected chi connectivity index (χ2v) is 5.76. The van der Waals surface area contributed by atoms with Gasteiger partial charge >= 0.3 is 0 Å². The number of primary amides is 1. The van der Waals surface area contributed by atoms with Crippen LogP contribution in [0.15, 0.2) is 24.3 Å². The summed E-state index contributed by atoms with van der Waals surface area (Å²) in [5.41, 5.74) is 7.51. The van der Waals surface area contributed by atoms with Crippen molar-refractivity contribution in [2.45, 2.75) is 58.2 Å². The molecule has 19 heavy (non-hydrogen) atoms. The zero-order chi connectivity index (χ0) is 13.8. The molecule has 1 amide bonds. The summed E-state index contributed by atoms with van der Waals surface area (Å²) in [6.07, 6.45) is 4.27. The van der Waals surface area contributed by atoms with Crippen molar-refractivity contribution in [2.75, 3.05) is 0 Å². The van der Waals surface area contributed by atoms with Crippen LogP contribution in [-0.2, 0) is 17.8 Å². The summed E-state index contributed by atoms with van der Waals surface area (Å²) in [5.74, 6) is -0.272. The monoisotopic (exact) mass is 260 g/mol. The van der Waals surface area contributed by atoms with E-state index < -0.39 is 0 Å². The molecule has 2 unspecified atom stereocenters. The Morgan fingerprint density at radius 3 is 2.21 bits per heavy atom. The number of rotatable bonds is 4. The maximum absolute atomic E-state index is 10.9. The second-order valence-electron chi connectivity index (χ2n) is 5.76. The number of piperidine rings is 1. The number of carbonyl (C=O) groups is 1. The molecule has 1 aromatic carbocycles. The molecule has 2 atom stereocenters. The summed E-state index contributed by atoms with van der Waals surface area (Å²) in [7, 11) is 0. The molecule has 0 aliphatic carbocycles. The molecule has 3 heteroatoms. The standard InChI is InChI=1S/C16H24N2O/c1-12-4-3-5-13(2)18(12)11-15-8-6-14(7-9-15)10-16(17)19/h6-9,12-13H,3-5,10-11H2,1-2H3,(H2,17,19). The van der Waals surface area contributed by atoms with Gasteiger partial charge in [0.05, 0.1) is 6.42 Å². The molecule has 1 saturated heterocycles. The summed E-state index contributed by atoms with van der Waals surface area (Å²) in [6.45, 7) is 5.63. The van der Waals surface area contributed by atoms with E-state index in [0.717, 1.165) is 12.1 Å². The molecule has 0 aromatic heterocycles. The molecule has 0 radical (unpaired) electrons. The third-order valence-electron chi connectivity index (χ3n) is 4.14. The molecule has 0 spiro atoms. The molecule has 1 heterocycles. The first-order valence-electron chi connectivity index (χ1n) is 7.18. The lowest BCUT2D eigenvalue weighted by Gasteiger charge is -2.39. The number of hydrogen-bond acceptors (Lipinski definition) is 2. The number of nitrogens with zero attached hydrogens (tertiary/aromatic N) is 1. The van der Waals surface area contributed by atoms with E-state index in [2.05, 4.69) is 30.9 Å². The summed E-state index contributed by atoms with van der Waals surface area (Å²) in [5, 5.41) is 0. The average molecular weight is 260 g/mol. The lowest BCUT2D eigenvalue weighted by Crippen LogP contribution is -2.42. The van der Waals surface area contributed by atoms with Crippen molar-refractivity contribution < 1.29 is 4.79 Å². The van der Waals surface area contributed by atoms with Crippen LogP contribution in [-0.4, -0.2) is 22.9 Å². The molecule has 104 valence electrons. The summed E-state index contributed by atoms with van der Waals surface area (Å²) in [4.78, 5) is 13.4. The van der Waals surface area contributed by atoms with Crippen molar-refractivity contribution in [2.24, 2.45) is 5.73 Å². The Hall–Kier alpha value is -1.35. The number of carbonyl (C=O) groups excluding carboxylic acids is 1. The first-order valence-corrected chi connectivity index (χ1v) is 7.18. The number of nitrogens with two attached hydrogens (primary N) is 1. The van der Waals surface area contributed by atoms with E-state index in [4.69, 9.17) is 5.73 Å². The summed E-state index contributed by atoms with van der Waals surface area (Å²) < 4.78 is 0. The minimum Gasteiger partial charge on any atom is -0.369 e. The molecule has 1 aliphatic heterocycles. The van der Waals surface area contributed by atoms with Crippen LogP contribution in [0.5, 0.6) is 0 Å². The first kappa shape index (κ1) is 14.1. The molecule has 1 fully saturated rings. The maximum atomic E-state index is 10.9. The van der Waals surface area contributed by atoms with Crippen LogP contribution >= 0.6 is 0 Å². The molecule has 2 N–H and O–H groups in total. The summed E-state index contributed by atoms with van der Waals surface area (Å²) in [6, 6.07) is 9.58. The van der Waals surface area contributed by atoms with Crippen LogP contribution in [0.25, 0.3) is 0 Å². The highest BCUT2D eigenvalue weighted by Crippen LogP contribution is 2.24. The fourth-order valence-electron chi connectivity index (χ4n) is 2.96. The Balaban J connectivity index is 2.00. The fourth-order valence-corrected chi connectivity index (χ4v) is 2.96. The van der Waals surface area contributed by atoms with E-state index in [1.807, 2.05) is 12.1 Å². The van der Waals surface area contributed by atoms with Crippen LogP contribution in [0.4, 0.5) is 0 Å². The van der Waals surface area contributed by atoms with Crippen molar-refractivity contribution in [3.8, 4) is 0 Å². The van der Waals surface area contributed by atoms with Gasteiger partial charge in [-0.05, 0) is 37.8 Å². The minimum atomic E-state index is -0.272. The van der Waals surface area contributed by atoms with Crippen LogP contribution in [0.2, 0.25) is 0 Å². The van der Waals surface area contributed by atoms with E-state index in [1.54, 1.807) is 0 Å². The van der Waals surface area contributed by atoms with Gasteiger partial charge in [0.2, 0.25) is 5.91 Å². The van der Waals surface area contributed by atoms with E-state index in [9.17, 15) is 4.79 Å². The van der Waals surface area contributed by atoms with E-state index in [1.165, 1.54) is 24.8 Å². The Kier molecular flexibility index (Phi) is 4.59. The highest BCUT2D eigenvalue weighted by atomic mass is 16.1. The minimum absolute atomic E-state index is 0.272. The third-order valence-corrected chi connectivity index (χ3v) is 4.14. The number of benzene rings is 1. The van der Waals surface area contributed by atoms with Crippen LogP contribution < -0.4 is 5.73 Å². The van der Waals surface area contributed by atoms with E-state index in [-0.39, 0.29) is 5.91 Å². The number of likely N-dealkylation sites (tertiary alicyclic amines) is 1. The van der Waals surface area contributed by atoms with Crippen LogP contribution in [0.3, 0.4) is 0 Å². The van der Waals surface area contributed by atoms with Gasteiger partial charge in [-0.1, -0.05) is 30.7 Å². The van der Waals surface area contributed by atoms with E-state index >= 15 is 0 Å². The molecule has 3 nitrogen and oxygen atoms in total. The van der Waals surface area contributed by atoms with Crippen LogP contribution in [0, 0.1) is 0 Å². The molecular weight excluding hydrogens is 236 g/mol. The van der Waals surface area contributed by atoms with Gasteiger partial charge < -0.3 is 5.73 Å². The number of hydrogen-bond donors (Lipinski definition) is 1. The van der Waals surface area contributed by atoms with Gasteiger partial charge in [0.1, 0.15) is 0 Å². The SMILES string of the molecule is CC1CCCC(C)N1Cc1ccc(CC(N)=O)cc1. The fraction of sp³-hybridized carbons (Fsp3) is 0.562. The van der Waals surface area contributed by atoms with Crippen molar-refractivity contribution in [3.05, 3.63) is 35.4 Å². The lowest BCUT2D eigenvalue weighted by molar-refractivity contribution is -0.117.